The zero-order valence-corrected chi connectivity index (χ0v) is 10.8. The van der Waals surface area contributed by atoms with Crippen LogP contribution >= 0.6 is 0 Å². The first-order chi connectivity index (χ1) is 8.69. The average Bonchev–Trinajstić information content (AvgIpc) is 2.35. The van der Waals surface area contributed by atoms with Crippen molar-refractivity contribution in [1.82, 2.24) is 9.97 Å². The van der Waals surface area contributed by atoms with Gasteiger partial charge in [0.1, 0.15) is 11.6 Å². The van der Waals surface area contributed by atoms with Crippen molar-refractivity contribution in [3.05, 3.63) is 53.0 Å². The van der Waals surface area contributed by atoms with Gasteiger partial charge >= 0.3 is 0 Å². The summed E-state index contributed by atoms with van der Waals surface area (Å²) < 4.78 is 0. The molecule has 0 fully saturated rings. The fourth-order valence-electron chi connectivity index (χ4n) is 1.92. The lowest BCUT2D eigenvalue weighted by Gasteiger charge is -2.10. The Morgan fingerprint density at radius 3 is 2.50 bits per heavy atom. The van der Waals surface area contributed by atoms with Crippen LogP contribution in [0.4, 0.5) is 5.82 Å². The Hall–Kier alpha value is -1.94. The zero-order valence-electron chi connectivity index (χ0n) is 10.8. The van der Waals surface area contributed by atoms with E-state index in [1.165, 1.54) is 5.56 Å². The Labute approximate surface area is 107 Å². The molecule has 0 radical (unpaired) electrons. The summed E-state index contributed by atoms with van der Waals surface area (Å²) in [7, 11) is 0. The number of nitrogens with two attached hydrogens (primary N) is 1. The van der Waals surface area contributed by atoms with Crippen LogP contribution in [-0.4, -0.2) is 9.97 Å². The molecule has 1 aromatic carbocycles. The highest BCUT2D eigenvalue weighted by atomic mass is 15.0. The molecule has 1 heterocycles. The lowest BCUT2D eigenvalue weighted by Crippen LogP contribution is -2.08. The Morgan fingerprint density at radius 2 is 1.83 bits per heavy atom. The Kier molecular flexibility index (Phi) is 3.89. The molecule has 2 aromatic rings. The molecule has 0 atom stereocenters. The number of anilines is 1. The molecule has 1 aromatic heterocycles. The minimum atomic E-state index is 0.555. The number of nitrogens with one attached hydrogen (secondary N) is 1. The lowest BCUT2D eigenvalue weighted by atomic mass is 10.1. The van der Waals surface area contributed by atoms with Gasteiger partial charge in [0.05, 0.1) is 0 Å². The molecular formula is C14H18N4. The molecule has 0 aliphatic heterocycles. The number of aromatic nitrogens is 2. The van der Waals surface area contributed by atoms with Crippen LogP contribution in [0.2, 0.25) is 0 Å². The third-order valence-corrected chi connectivity index (χ3v) is 2.76. The molecule has 0 bridgehead atoms. The van der Waals surface area contributed by atoms with E-state index in [0.717, 1.165) is 29.4 Å². The van der Waals surface area contributed by atoms with E-state index in [4.69, 9.17) is 5.73 Å². The molecule has 0 amide bonds. The maximum atomic E-state index is 5.71. The molecule has 0 spiro atoms. The van der Waals surface area contributed by atoms with Gasteiger partial charge in [0.2, 0.25) is 0 Å². The van der Waals surface area contributed by atoms with E-state index in [0.29, 0.717) is 6.54 Å². The number of hydrogen-bond donors (Lipinski definition) is 2. The van der Waals surface area contributed by atoms with E-state index in [-0.39, 0.29) is 0 Å². The highest BCUT2D eigenvalue weighted by Crippen LogP contribution is 2.11. The van der Waals surface area contributed by atoms with Crippen molar-refractivity contribution in [2.45, 2.75) is 26.9 Å². The standard InChI is InChI=1S/C14H18N4/c1-10-7-14(18-11(2)17-10)16-9-13-6-4-3-5-12(13)8-15/h3-7H,8-9,15H2,1-2H3,(H,16,17,18). The van der Waals surface area contributed by atoms with Gasteiger partial charge in [-0.05, 0) is 25.0 Å². The van der Waals surface area contributed by atoms with Crippen molar-refractivity contribution in [2.75, 3.05) is 5.32 Å². The fourth-order valence-corrected chi connectivity index (χ4v) is 1.92. The minimum Gasteiger partial charge on any atom is -0.366 e. The van der Waals surface area contributed by atoms with Gasteiger partial charge in [-0.1, -0.05) is 24.3 Å². The first-order valence-corrected chi connectivity index (χ1v) is 6.02. The van der Waals surface area contributed by atoms with Crippen LogP contribution in [0.25, 0.3) is 0 Å². The highest BCUT2D eigenvalue weighted by molar-refractivity contribution is 5.38. The maximum Gasteiger partial charge on any atom is 0.130 e. The second-order valence-electron chi connectivity index (χ2n) is 4.27. The maximum absolute atomic E-state index is 5.71. The summed E-state index contributed by atoms with van der Waals surface area (Å²) in [5.74, 6) is 1.64. The number of hydrogen-bond acceptors (Lipinski definition) is 4. The van der Waals surface area contributed by atoms with Crippen molar-refractivity contribution in [2.24, 2.45) is 5.73 Å². The van der Waals surface area contributed by atoms with E-state index in [1.807, 2.05) is 38.1 Å². The molecule has 4 nitrogen and oxygen atoms in total. The summed E-state index contributed by atoms with van der Waals surface area (Å²) in [5, 5.41) is 3.31. The molecule has 94 valence electrons. The predicted molar refractivity (Wildman–Crippen MR) is 73.2 cm³/mol. The number of rotatable bonds is 4. The van der Waals surface area contributed by atoms with Crippen molar-refractivity contribution in [3.63, 3.8) is 0 Å². The fraction of sp³-hybridized carbons (Fsp3) is 0.286. The van der Waals surface area contributed by atoms with Gasteiger partial charge in [-0.2, -0.15) is 0 Å². The van der Waals surface area contributed by atoms with Gasteiger partial charge < -0.3 is 11.1 Å². The van der Waals surface area contributed by atoms with Crippen molar-refractivity contribution in [3.8, 4) is 0 Å². The normalized spacial score (nSPS) is 10.4. The molecule has 0 aliphatic carbocycles. The quantitative estimate of drug-likeness (QED) is 0.862. The van der Waals surface area contributed by atoms with Gasteiger partial charge in [-0.25, -0.2) is 9.97 Å². The van der Waals surface area contributed by atoms with E-state index in [2.05, 4.69) is 21.4 Å². The number of aryl methyl sites for hydroxylation is 2. The smallest absolute Gasteiger partial charge is 0.130 e. The van der Waals surface area contributed by atoms with E-state index in [9.17, 15) is 0 Å². The average molecular weight is 242 g/mol. The summed E-state index contributed by atoms with van der Waals surface area (Å²) in [6, 6.07) is 10.1. The Morgan fingerprint density at radius 1 is 1.11 bits per heavy atom. The van der Waals surface area contributed by atoms with Crippen LogP contribution in [0.1, 0.15) is 22.6 Å². The van der Waals surface area contributed by atoms with Gasteiger partial charge in [0.15, 0.2) is 0 Å². The SMILES string of the molecule is Cc1cc(NCc2ccccc2CN)nc(C)n1. The zero-order chi connectivity index (χ0) is 13.0. The largest absolute Gasteiger partial charge is 0.366 e. The third-order valence-electron chi connectivity index (χ3n) is 2.76. The van der Waals surface area contributed by atoms with Crippen LogP contribution in [0.5, 0.6) is 0 Å². The van der Waals surface area contributed by atoms with Gasteiger partial charge in [-0.15, -0.1) is 0 Å². The molecule has 4 heteroatoms. The third kappa shape index (κ3) is 3.05. The van der Waals surface area contributed by atoms with E-state index in [1.54, 1.807) is 0 Å². The van der Waals surface area contributed by atoms with Crippen LogP contribution in [0.3, 0.4) is 0 Å². The first-order valence-electron chi connectivity index (χ1n) is 6.02. The van der Waals surface area contributed by atoms with Crippen LogP contribution in [0, 0.1) is 13.8 Å². The monoisotopic (exact) mass is 242 g/mol. The molecule has 18 heavy (non-hydrogen) atoms. The van der Waals surface area contributed by atoms with Gasteiger partial charge in [0.25, 0.3) is 0 Å². The van der Waals surface area contributed by atoms with Crippen molar-refractivity contribution >= 4 is 5.82 Å². The van der Waals surface area contributed by atoms with Crippen molar-refractivity contribution < 1.29 is 0 Å². The molecular weight excluding hydrogens is 224 g/mol. The topological polar surface area (TPSA) is 63.8 Å². The summed E-state index contributed by atoms with van der Waals surface area (Å²) in [4.78, 5) is 8.60. The lowest BCUT2D eigenvalue weighted by molar-refractivity contribution is 0.972. The van der Waals surface area contributed by atoms with Crippen LogP contribution < -0.4 is 11.1 Å². The van der Waals surface area contributed by atoms with E-state index < -0.39 is 0 Å². The second-order valence-corrected chi connectivity index (χ2v) is 4.27. The second kappa shape index (κ2) is 5.60. The van der Waals surface area contributed by atoms with Gasteiger partial charge in [-0.3, -0.25) is 0 Å². The van der Waals surface area contributed by atoms with Crippen LogP contribution in [0.15, 0.2) is 30.3 Å². The highest BCUT2D eigenvalue weighted by Gasteiger charge is 2.02. The summed E-state index contributed by atoms with van der Waals surface area (Å²) in [5.41, 5.74) is 9.05. The summed E-state index contributed by atoms with van der Waals surface area (Å²) in [6.45, 7) is 5.14. The molecule has 0 saturated heterocycles. The summed E-state index contributed by atoms with van der Waals surface area (Å²) in [6.07, 6.45) is 0. The predicted octanol–water partition coefficient (Wildman–Crippen LogP) is 2.16. The van der Waals surface area contributed by atoms with E-state index >= 15 is 0 Å². The Bertz CT molecular complexity index is 517. The van der Waals surface area contributed by atoms with Crippen molar-refractivity contribution in [1.29, 1.82) is 0 Å². The van der Waals surface area contributed by atoms with Gasteiger partial charge in [0, 0.05) is 24.8 Å². The molecule has 2 rings (SSSR count). The number of nitrogens with zero attached hydrogens (tertiary/aromatic N) is 2. The Balaban J connectivity index is 2.11. The number of benzene rings is 1. The first kappa shape index (κ1) is 12.5. The van der Waals surface area contributed by atoms with Crippen LogP contribution in [-0.2, 0) is 13.1 Å². The minimum absolute atomic E-state index is 0.555. The molecule has 3 N–H and O–H groups in total. The molecule has 0 aliphatic rings. The summed E-state index contributed by atoms with van der Waals surface area (Å²) >= 11 is 0. The molecule has 0 saturated carbocycles. The molecule has 0 unspecified atom stereocenters.